The van der Waals surface area contributed by atoms with Gasteiger partial charge in [0.1, 0.15) is 0 Å². The second-order valence-electron chi connectivity index (χ2n) is 7.44. The molecular formula is C23H20FNO3. The summed E-state index contributed by atoms with van der Waals surface area (Å²) in [6, 6.07) is 12.9. The molecule has 2 aromatic rings. The molecular weight excluding hydrogens is 357 g/mol. The van der Waals surface area contributed by atoms with Crippen molar-refractivity contribution in [1.82, 2.24) is 0 Å². The summed E-state index contributed by atoms with van der Waals surface area (Å²) in [6.07, 6.45) is 3.97. The van der Waals surface area contributed by atoms with Gasteiger partial charge in [0.2, 0.25) is 11.8 Å². The molecule has 2 amide bonds. The molecule has 0 spiro atoms. The molecule has 4 rings (SSSR count). The lowest BCUT2D eigenvalue weighted by Gasteiger charge is -2.40. The summed E-state index contributed by atoms with van der Waals surface area (Å²) in [7, 11) is 0. The zero-order chi connectivity index (χ0) is 20.1. The predicted octanol–water partition coefficient (Wildman–Crippen LogP) is 4.33. The van der Waals surface area contributed by atoms with Crippen molar-refractivity contribution in [2.75, 3.05) is 4.90 Å². The van der Waals surface area contributed by atoms with Gasteiger partial charge in [-0.1, -0.05) is 43.0 Å². The first-order valence-electron chi connectivity index (χ1n) is 9.14. The summed E-state index contributed by atoms with van der Waals surface area (Å²) in [5.41, 5.74) is 0.766. The molecule has 1 saturated heterocycles. The SMILES string of the molecule is C=CC1=CCC2C(=O)N(c3ccccc3)C(=O)C2(C)C1c1ccc(O)c(F)c1. The number of fused-ring (bicyclic) bond motifs is 1. The van der Waals surface area contributed by atoms with Crippen molar-refractivity contribution in [3.8, 4) is 5.75 Å². The summed E-state index contributed by atoms with van der Waals surface area (Å²) in [5, 5.41) is 9.56. The van der Waals surface area contributed by atoms with Crippen LogP contribution in [0.3, 0.4) is 0 Å². The summed E-state index contributed by atoms with van der Waals surface area (Å²) in [6.45, 7) is 5.62. The van der Waals surface area contributed by atoms with E-state index >= 15 is 0 Å². The van der Waals surface area contributed by atoms with E-state index in [0.29, 0.717) is 17.7 Å². The maximum Gasteiger partial charge on any atom is 0.241 e. The molecule has 2 aromatic carbocycles. The Morgan fingerprint density at radius 2 is 1.93 bits per heavy atom. The number of hydrogen-bond donors (Lipinski definition) is 1. The van der Waals surface area contributed by atoms with Crippen molar-refractivity contribution in [3.63, 3.8) is 0 Å². The first kappa shape index (κ1) is 18.2. The van der Waals surface area contributed by atoms with Crippen LogP contribution in [0.1, 0.15) is 24.8 Å². The Morgan fingerprint density at radius 3 is 2.57 bits per heavy atom. The van der Waals surface area contributed by atoms with E-state index in [2.05, 4.69) is 6.58 Å². The van der Waals surface area contributed by atoms with Crippen LogP contribution in [0.4, 0.5) is 10.1 Å². The predicted molar refractivity (Wildman–Crippen MR) is 104 cm³/mol. The largest absolute Gasteiger partial charge is 0.505 e. The third kappa shape index (κ3) is 2.43. The number of benzene rings is 2. The van der Waals surface area contributed by atoms with Gasteiger partial charge in [-0.2, -0.15) is 0 Å². The van der Waals surface area contributed by atoms with Crippen LogP contribution in [0.2, 0.25) is 0 Å². The quantitative estimate of drug-likeness (QED) is 0.810. The van der Waals surface area contributed by atoms with Crippen molar-refractivity contribution < 1.29 is 19.1 Å². The maximum absolute atomic E-state index is 14.1. The van der Waals surface area contributed by atoms with Gasteiger partial charge in [0.05, 0.1) is 17.0 Å². The molecule has 5 heteroatoms. The Labute approximate surface area is 162 Å². The Balaban J connectivity index is 1.88. The fourth-order valence-electron chi connectivity index (χ4n) is 4.55. The van der Waals surface area contributed by atoms with Gasteiger partial charge in [-0.15, -0.1) is 0 Å². The second kappa shape index (κ2) is 6.44. The summed E-state index contributed by atoms with van der Waals surface area (Å²) >= 11 is 0. The van der Waals surface area contributed by atoms with Gasteiger partial charge in [0, 0.05) is 5.92 Å². The highest BCUT2D eigenvalue weighted by atomic mass is 19.1. The molecule has 1 fully saturated rings. The van der Waals surface area contributed by atoms with E-state index in [1.54, 1.807) is 43.3 Å². The molecule has 28 heavy (non-hydrogen) atoms. The zero-order valence-electron chi connectivity index (χ0n) is 15.4. The van der Waals surface area contributed by atoms with Crippen LogP contribution in [0.5, 0.6) is 5.75 Å². The number of aromatic hydroxyl groups is 1. The first-order chi connectivity index (χ1) is 13.4. The molecule has 0 saturated carbocycles. The van der Waals surface area contributed by atoms with Crippen molar-refractivity contribution >= 4 is 17.5 Å². The van der Waals surface area contributed by atoms with Gasteiger partial charge in [-0.3, -0.25) is 9.59 Å². The lowest BCUT2D eigenvalue weighted by molar-refractivity contribution is -0.127. The number of halogens is 1. The molecule has 142 valence electrons. The number of allylic oxidation sites excluding steroid dienone is 3. The van der Waals surface area contributed by atoms with Crippen molar-refractivity contribution in [2.24, 2.45) is 11.3 Å². The Hall–Kier alpha value is -3.21. The smallest absolute Gasteiger partial charge is 0.241 e. The molecule has 3 atom stereocenters. The number of phenolic OH excluding ortho intramolecular Hbond substituents is 1. The number of imide groups is 1. The standard InChI is InChI=1S/C23H20FNO3/c1-3-14-9-11-17-21(27)25(16-7-5-4-6-8-16)22(28)23(17,2)20(14)15-10-12-19(26)18(24)13-15/h3-10,12-13,17,20,26H,1,11H2,2H3. The van der Waals surface area contributed by atoms with Gasteiger partial charge in [-0.05, 0) is 48.7 Å². The van der Waals surface area contributed by atoms with Gasteiger partial charge in [0.25, 0.3) is 0 Å². The average molecular weight is 377 g/mol. The van der Waals surface area contributed by atoms with Gasteiger partial charge in [-0.25, -0.2) is 9.29 Å². The minimum absolute atomic E-state index is 0.248. The topological polar surface area (TPSA) is 57.6 Å². The highest BCUT2D eigenvalue weighted by Crippen LogP contribution is 2.56. The van der Waals surface area contributed by atoms with Crippen LogP contribution in [0.15, 0.2) is 72.8 Å². The number of phenols is 1. The highest BCUT2D eigenvalue weighted by molar-refractivity contribution is 6.24. The molecule has 0 radical (unpaired) electrons. The number of carbonyl (C=O) groups is 2. The Bertz CT molecular complexity index is 1010. The van der Waals surface area contributed by atoms with Crippen LogP contribution in [0.25, 0.3) is 0 Å². The van der Waals surface area contributed by atoms with Crippen molar-refractivity contribution in [3.05, 3.63) is 84.2 Å². The number of anilines is 1. The number of amides is 2. The van der Waals surface area contributed by atoms with Crippen LogP contribution in [-0.2, 0) is 9.59 Å². The van der Waals surface area contributed by atoms with Crippen molar-refractivity contribution in [1.29, 1.82) is 0 Å². The van der Waals surface area contributed by atoms with Crippen LogP contribution in [0, 0.1) is 17.2 Å². The molecule has 0 aromatic heterocycles. The van der Waals surface area contributed by atoms with E-state index in [0.717, 1.165) is 5.57 Å². The van der Waals surface area contributed by atoms with E-state index in [1.165, 1.54) is 17.0 Å². The molecule has 3 unspecified atom stereocenters. The molecule has 1 N–H and O–H groups in total. The summed E-state index contributed by atoms with van der Waals surface area (Å²) in [5.74, 6) is -2.86. The normalized spacial score (nSPS) is 26.8. The van der Waals surface area contributed by atoms with E-state index in [-0.39, 0.29) is 11.8 Å². The van der Waals surface area contributed by atoms with Crippen LogP contribution >= 0.6 is 0 Å². The van der Waals surface area contributed by atoms with E-state index in [1.807, 2.05) is 12.1 Å². The minimum atomic E-state index is -1.07. The Kier molecular flexibility index (Phi) is 4.18. The lowest BCUT2D eigenvalue weighted by Crippen LogP contribution is -2.41. The molecule has 0 bridgehead atoms. The number of rotatable bonds is 3. The maximum atomic E-state index is 14.1. The van der Waals surface area contributed by atoms with Gasteiger partial charge in [0.15, 0.2) is 11.6 Å². The zero-order valence-corrected chi connectivity index (χ0v) is 15.4. The molecule has 4 nitrogen and oxygen atoms in total. The molecule has 1 aliphatic carbocycles. The molecule has 1 aliphatic heterocycles. The average Bonchev–Trinajstić information content (AvgIpc) is 2.90. The van der Waals surface area contributed by atoms with E-state index in [4.69, 9.17) is 0 Å². The van der Waals surface area contributed by atoms with Gasteiger partial charge < -0.3 is 5.11 Å². The third-order valence-corrected chi connectivity index (χ3v) is 5.98. The first-order valence-corrected chi connectivity index (χ1v) is 9.14. The summed E-state index contributed by atoms with van der Waals surface area (Å²) < 4.78 is 14.1. The van der Waals surface area contributed by atoms with Gasteiger partial charge >= 0.3 is 0 Å². The second-order valence-corrected chi connectivity index (χ2v) is 7.44. The molecule has 2 aliphatic rings. The van der Waals surface area contributed by atoms with E-state index < -0.39 is 28.8 Å². The fourth-order valence-corrected chi connectivity index (χ4v) is 4.55. The Morgan fingerprint density at radius 1 is 1.21 bits per heavy atom. The van der Waals surface area contributed by atoms with Crippen LogP contribution in [-0.4, -0.2) is 16.9 Å². The van der Waals surface area contributed by atoms with E-state index in [9.17, 15) is 19.1 Å². The van der Waals surface area contributed by atoms with Crippen LogP contribution < -0.4 is 4.90 Å². The third-order valence-electron chi connectivity index (χ3n) is 5.98. The number of para-hydroxylation sites is 1. The monoisotopic (exact) mass is 377 g/mol. The number of nitrogens with zero attached hydrogens (tertiary/aromatic N) is 1. The highest BCUT2D eigenvalue weighted by Gasteiger charge is 2.62. The molecule has 1 heterocycles. The van der Waals surface area contributed by atoms with Crippen molar-refractivity contribution in [2.45, 2.75) is 19.3 Å². The number of carbonyl (C=O) groups excluding carboxylic acids is 2. The summed E-state index contributed by atoms with van der Waals surface area (Å²) in [4.78, 5) is 28.0. The number of hydrogen-bond acceptors (Lipinski definition) is 3. The fraction of sp³-hybridized carbons (Fsp3) is 0.217. The lowest BCUT2D eigenvalue weighted by atomic mass is 9.60. The minimum Gasteiger partial charge on any atom is -0.505 e.